The van der Waals surface area contributed by atoms with Crippen molar-refractivity contribution in [2.45, 2.75) is 38.1 Å². The van der Waals surface area contributed by atoms with Crippen molar-refractivity contribution in [1.29, 1.82) is 0 Å². The Balaban J connectivity index is 1.17. The molecule has 0 radical (unpaired) electrons. The predicted molar refractivity (Wildman–Crippen MR) is 171 cm³/mol. The third-order valence-corrected chi connectivity index (χ3v) is 8.68. The van der Waals surface area contributed by atoms with Gasteiger partial charge in [-0.05, 0) is 78.8 Å². The first-order valence-electron chi connectivity index (χ1n) is 15.6. The molecule has 0 bridgehead atoms. The molecule has 13 heteroatoms. The normalized spacial score (nSPS) is 19.1. The lowest BCUT2D eigenvalue weighted by Gasteiger charge is -2.28. The van der Waals surface area contributed by atoms with Gasteiger partial charge in [0.05, 0.1) is 0 Å². The van der Waals surface area contributed by atoms with Crippen LogP contribution in [0.15, 0.2) is 60.9 Å². The van der Waals surface area contributed by atoms with Crippen LogP contribution in [0.3, 0.4) is 0 Å². The Morgan fingerprint density at radius 3 is 2.40 bits per heavy atom. The van der Waals surface area contributed by atoms with E-state index in [1.165, 1.54) is 0 Å². The van der Waals surface area contributed by atoms with Crippen LogP contribution < -0.4 is 26.6 Å². The van der Waals surface area contributed by atoms with Gasteiger partial charge in [0, 0.05) is 67.7 Å². The minimum absolute atomic E-state index is 0.0915. The van der Waals surface area contributed by atoms with E-state index in [4.69, 9.17) is 5.73 Å². The molecule has 1 unspecified atom stereocenters. The summed E-state index contributed by atoms with van der Waals surface area (Å²) in [4.78, 5) is 38.5. The third-order valence-electron chi connectivity index (χ3n) is 8.68. The van der Waals surface area contributed by atoms with E-state index in [0.29, 0.717) is 30.4 Å². The van der Waals surface area contributed by atoms with E-state index in [2.05, 4.69) is 51.4 Å². The number of aromatic amines is 1. The lowest BCUT2D eigenvalue weighted by molar-refractivity contribution is -0.130. The molecule has 3 heterocycles. The Hall–Kier alpha value is -4.75. The van der Waals surface area contributed by atoms with Crippen LogP contribution in [0.1, 0.15) is 31.2 Å². The summed E-state index contributed by atoms with van der Waals surface area (Å²) in [7, 11) is 0. The van der Waals surface area contributed by atoms with Crippen LogP contribution >= 0.6 is 0 Å². The van der Waals surface area contributed by atoms with Gasteiger partial charge in [-0.1, -0.05) is 24.3 Å². The first kappa shape index (κ1) is 30.3. The molecule has 0 spiro atoms. The van der Waals surface area contributed by atoms with E-state index in [-0.39, 0.29) is 17.7 Å². The number of nitrogens with zero attached hydrogens (tertiary/aromatic N) is 6. The number of tetrazole rings is 1. The quantitative estimate of drug-likeness (QED) is 0.179. The summed E-state index contributed by atoms with van der Waals surface area (Å²) < 4.78 is 0. The first-order chi connectivity index (χ1) is 22.1. The van der Waals surface area contributed by atoms with Gasteiger partial charge in [-0.2, -0.15) is 5.21 Å². The Labute approximate surface area is 261 Å². The number of hydrogen-bond donors (Lipinski definition) is 5. The minimum atomic E-state index is -0.775. The van der Waals surface area contributed by atoms with E-state index in [9.17, 15) is 9.59 Å². The van der Waals surface area contributed by atoms with E-state index in [1.807, 2.05) is 48.8 Å². The molecule has 234 valence electrons. The lowest BCUT2D eigenvalue weighted by Crippen LogP contribution is -2.48. The zero-order valence-corrected chi connectivity index (χ0v) is 25.2. The van der Waals surface area contributed by atoms with Crippen LogP contribution in [0.25, 0.3) is 22.5 Å². The molecule has 1 saturated carbocycles. The molecule has 1 saturated heterocycles. The molecule has 6 rings (SSSR count). The van der Waals surface area contributed by atoms with Gasteiger partial charge in [-0.25, -0.2) is 9.97 Å². The van der Waals surface area contributed by atoms with Crippen LogP contribution in [-0.4, -0.2) is 81.2 Å². The largest absolute Gasteiger partial charge is 0.344 e. The number of amides is 2. The number of carbonyl (C=O) groups excluding carboxylic acids is 2. The highest BCUT2D eigenvalue weighted by atomic mass is 16.2. The van der Waals surface area contributed by atoms with Crippen molar-refractivity contribution >= 4 is 23.5 Å². The fourth-order valence-corrected chi connectivity index (χ4v) is 5.99. The number of carbonyl (C=O) groups is 2. The fourth-order valence-electron chi connectivity index (χ4n) is 5.99. The summed E-state index contributed by atoms with van der Waals surface area (Å²) in [5.41, 5.74) is 9.98. The maximum absolute atomic E-state index is 13.7. The maximum Gasteiger partial charge on any atom is 0.247 e. The fraction of sp³-hybridized carbons (Fsp3) is 0.406. The predicted octanol–water partition coefficient (Wildman–Crippen LogP) is 2.16. The Kier molecular flexibility index (Phi) is 9.66. The number of nitrogens with two attached hydrogens (primary N) is 1. The van der Waals surface area contributed by atoms with Crippen molar-refractivity contribution in [1.82, 2.24) is 41.2 Å². The smallest absolute Gasteiger partial charge is 0.247 e. The molecule has 13 nitrogen and oxygen atoms in total. The van der Waals surface area contributed by atoms with Crippen LogP contribution in [0.4, 0.5) is 11.6 Å². The zero-order chi connectivity index (χ0) is 31.0. The summed E-state index contributed by atoms with van der Waals surface area (Å²) in [6, 6.07) is 14.4. The standard InChI is InChI=1S/C32H39N11O2/c33-18-21-4-6-24(7-5-21)30(44)38-28(31(45)37-27-10-8-23(9-11-27)29-39-41-42-40-29)17-22-2-1-3-25(16-22)26-19-35-32(36-20-26)43-14-12-34-13-15-43/h1-3,8-11,16,19-21,24,28,34H,4-7,12-15,17-18,33H2,(H,37,45)(H,38,44)(H,39,40,41,42). The second-order valence-corrected chi connectivity index (χ2v) is 11.7. The van der Waals surface area contributed by atoms with Crippen molar-refractivity contribution < 1.29 is 9.59 Å². The third kappa shape index (κ3) is 7.67. The van der Waals surface area contributed by atoms with Crippen LogP contribution in [0.2, 0.25) is 0 Å². The molecule has 45 heavy (non-hydrogen) atoms. The molecule has 6 N–H and O–H groups in total. The van der Waals surface area contributed by atoms with Crippen molar-refractivity contribution in [2.75, 3.05) is 42.9 Å². The topological polar surface area (TPSA) is 180 Å². The molecule has 2 fully saturated rings. The number of hydrogen-bond acceptors (Lipinski definition) is 10. The summed E-state index contributed by atoms with van der Waals surface area (Å²) in [6.07, 6.45) is 7.41. The summed E-state index contributed by atoms with van der Waals surface area (Å²) >= 11 is 0. The summed E-state index contributed by atoms with van der Waals surface area (Å²) in [5.74, 6) is 1.13. The Morgan fingerprint density at radius 2 is 1.71 bits per heavy atom. The van der Waals surface area contributed by atoms with E-state index < -0.39 is 6.04 Å². The van der Waals surface area contributed by atoms with Crippen molar-refractivity contribution in [2.24, 2.45) is 17.6 Å². The van der Waals surface area contributed by atoms with Crippen LogP contribution in [-0.2, 0) is 16.0 Å². The first-order valence-corrected chi connectivity index (χ1v) is 15.6. The van der Waals surface area contributed by atoms with Crippen molar-refractivity contribution in [3.8, 4) is 22.5 Å². The molecule has 2 amide bonds. The van der Waals surface area contributed by atoms with E-state index in [1.54, 1.807) is 12.1 Å². The molecule has 4 aromatic rings. The van der Waals surface area contributed by atoms with Gasteiger partial charge in [0.2, 0.25) is 23.6 Å². The highest BCUT2D eigenvalue weighted by Gasteiger charge is 2.29. The average Bonchev–Trinajstić information content (AvgIpc) is 3.64. The number of rotatable bonds is 10. The number of H-pyrrole nitrogens is 1. The molecule has 2 aromatic heterocycles. The van der Waals surface area contributed by atoms with Gasteiger partial charge >= 0.3 is 0 Å². The second-order valence-electron chi connectivity index (χ2n) is 11.7. The van der Waals surface area contributed by atoms with E-state index >= 15 is 0 Å². The van der Waals surface area contributed by atoms with Gasteiger partial charge in [0.25, 0.3) is 0 Å². The number of aromatic nitrogens is 6. The van der Waals surface area contributed by atoms with Crippen LogP contribution in [0.5, 0.6) is 0 Å². The Bertz CT molecular complexity index is 1550. The minimum Gasteiger partial charge on any atom is -0.344 e. The van der Waals surface area contributed by atoms with Gasteiger partial charge in [-0.3, -0.25) is 9.59 Å². The molecular weight excluding hydrogens is 570 g/mol. The molecule has 1 aliphatic carbocycles. The van der Waals surface area contributed by atoms with Crippen LogP contribution in [0, 0.1) is 11.8 Å². The number of piperazine rings is 1. The van der Waals surface area contributed by atoms with Gasteiger partial charge < -0.3 is 26.6 Å². The zero-order valence-electron chi connectivity index (χ0n) is 25.2. The Morgan fingerprint density at radius 1 is 0.956 bits per heavy atom. The average molecular weight is 610 g/mol. The summed E-state index contributed by atoms with van der Waals surface area (Å²) in [5, 5.41) is 23.4. The highest BCUT2D eigenvalue weighted by molar-refractivity contribution is 5.97. The monoisotopic (exact) mass is 609 g/mol. The van der Waals surface area contributed by atoms with Gasteiger partial charge in [0.1, 0.15) is 6.04 Å². The van der Waals surface area contributed by atoms with Crippen molar-refractivity contribution in [3.05, 3.63) is 66.5 Å². The number of nitrogens with one attached hydrogen (secondary N) is 4. The van der Waals surface area contributed by atoms with Gasteiger partial charge in [-0.15, -0.1) is 10.2 Å². The number of anilines is 2. The molecule has 2 aromatic carbocycles. The molecule has 2 aliphatic rings. The van der Waals surface area contributed by atoms with E-state index in [0.717, 1.165) is 80.1 Å². The maximum atomic E-state index is 13.7. The van der Waals surface area contributed by atoms with Crippen molar-refractivity contribution in [3.63, 3.8) is 0 Å². The van der Waals surface area contributed by atoms with Gasteiger partial charge in [0.15, 0.2) is 0 Å². The summed E-state index contributed by atoms with van der Waals surface area (Å²) in [6.45, 7) is 4.23. The molecular formula is C32H39N11O2. The SMILES string of the molecule is NCC1CCC(C(=O)NC(Cc2cccc(-c3cnc(N4CCNCC4)nc3)c2)C(=O)Nc2ccc(-c3nn[nH]n3)cc2)CC1. The second kappa shape index (κ2) is 14.4. The molecule has 1 atom stereocenters. The number of benzene rings is 2. The highest BCUT2D eigenvalue weighted by Crippen LogP contribution is 2.29. The molecule has 1 aliphatic heterocycles. The lowest BCUT2D eigenvalue weighted by atomic mass is 9.81.